The van der Waals surface area contributed by atoms with Gasteiger partial charge in [-0.1, -0.05) is 53.0 Å². The summed E-state index contributed by atoms with van der Waals surface area (Å²) in [5.41, 5.74) is 1.66. The Morgan fingerprint density at radius 1 is 1.07 bits per heavy atom. The number of quaternary nitrogens is 1. The lowest BCUT2D eigenvalue weighted by Gasteiger charge is -2.39. The van der Waals surface area contributed by atoms with Gasteiger partial charge in [0, 0.05) is 11.3 Å². The smallest absolute Gasteiger partial charge is 0.262 e. The van der Waals surface area contributed by atoms with Crippen LogP contribution >= 0.6 is 34.8 Å². The first-order chi connectivity index (χ1) is 13.4. The van der Waals surface area contributed by atoms with Crippen LogP contribution in [0.4, 0.5) is 5.69 Å². The van der Waals surface area contributed by atoms with Crippen molar-refractivity contribution in [2.45, 2.75) is 9.96 Å². The highest BCUT2D eigenvalue weighted by Crippen LogP contribution is 2.28. The zero-order chi connectivity index (χ0) is 20.1. The number of benzene rings is 2. The highest BCUT2D eigenvalue weighted by molar-refractivity contribution is 6.68. The monoisotopic (exact) mass is 442 g/mol. The first-order valence-electron chi connectivity index (χ1n) is 9.04. The lowest BCUT2D eigenvalue weighted by atomic mass is 10.2. The first-order valence-corrected chi connectivity index (χ1v) is 10.2. The summed E-state index contributed by atoms with van der Waals surface area (Å²) >= 11 is 18.7. The Morgan fingerprint density at radius 3 is 2.21 bits per heavy atom. The molecule has 0 aromatic heterocycles. The predicted octanol–water partition coefficient (Wildman–Crippen LogP) is 2.53. The highest BCUT2D eigenvalue weighted by Gasteiger charge is 2.43. The number of halogens is 3. The number of anilines is 1. The van der Waals surface area contributed by atoms with Gasteiger partial charge in [-0.2, -0.15) is 0 Å². The summed E-state index contributed by atoms with van der Waals surface area (Å²) in [6.45, 7) is 3.12. The lowest BCUT2D eigenvalue weighted by molar-refractivity contribution is -0.927. The second-order valence-corrected chi connectivity index (χ2v) is 9.03. The largest absolute Gasteiger partial charge is 0.497 e. The molecular weight excluding hydrogens is 421 g/mol. The Hall–Kier alpha value is -1.66. The molecule has 3 rings (SSSR count). The van der Waals surface area contributed by atoms with Crippen molar-refractivity contribution in [3.05, 3.63) is 60.2 Å². The number of amides is 1. The van der Waals surface area contributed by atoms with Crippen LogP contribution in [0.15, 0.2) is 54.6 Å². The summed E-state index contributed by atoms with van der Waals surface area (Å²) in [6, 6.07) is 17.0. The van der Waals surface area contributed by atoms with Gasteiger partial charge in [0.1, 0.15) is 5.75 Å². The Labute approximate surface area is 180 Å². The van der Waals surface area contributed by atoms with Crippen molar-refractivity contribution in [3.8, 4) is 5.75 Å². The van der Waals surface area contributed by atoms with Crippen LogP contribution in [0.2, 0.25) is 0 Å². The molecule has 0 unspecified atom stereocenters. The van der Waals surface area contributed by atoms with E-state index in [1.54, 1.807) is 31.4 Å². The molecule has 1 aliphatic rings. The molecule has 28 heavy (non-hydrogen) atoms. The van der Waals surface area contributed by atoms with Crippen LogP contribution < -0.4 is 19.9 Å². The number of hydrogen-bond acceptors (Lipinski definition) is 3. The lowest BCUT2D eigenvalue weighted by Crippen LogP contribution is -3.21. The minimum atomic E-state index is -1.62. The van der Waals surface area contributed by atoms with Gasteiger partial charge in [0.15, 0.2) is 0 Å². The van der Waals surface area contributed by atoms with Gasteiger partial charge in [-0.15, -0.1) is 0 Å². The number of alkyl halides is 3. The average Bonchev–Trinajstić information content (AvgIpc) is 2.72. The van der Waals surface area contributed by atoms with Crippen LogP contribution in [0.3, 0.4) is 0 Å². The third-order valence-corrected chi connectivity index (χ3v) is 5.54. The Morgan fingerprint density at radius 2 is 1.68 bits per heavy atom. The van der Waals surface area contributed by atoms with E-state index in [1.165, 1.54) is 5.69 Å². The molecule has 1 amide bonds. The predicted molar refractivity (Wildman–Crippen MR) is 114 cm³/mol. The van der Waals surface area contributed by atoms with Crippen molar-refractivity contribution in [1.82, 2.24) is 5.32 Å². The molecule has 1 atom stereocenters. The zero-order valence-corrected chi connectivity index (χ0v) is 17.8. The molecule has 1 heterocycles. The van der Waals surface area contributed by atoms with Gasteiger partial charge >= 0.3 is 0 Å². The average molecular weight is 444 g/mol. The molecule has 1 saturated heterocycles. The molecule has 5 nitrogen and oxygen atoms in total. The molecule has 1 fully saturated rings. The summed E-state index contributed by atoms with van der Waals surface area (Å²) in [7, 11) is 1.58. The maximum Gasteiger partial charge on any atom is 0.262 e. The normalized spacial score (nSPS) is 16.5. The molecule has 0 radical (unpaired) electrons. The molecular formula is C20H23Cl3N3O2+. The molecule has 1 aliphatic heterocycles. The minimum absolute atomic E-state index is 0.281. The molecule has 0 saturated carbocycles. The van der Waals surface area contributed by atoms with E-state index in [2.05, 4.69) is 22.3 Å². The number of methoxy groups -OCH3 is 1. The number of carbonyl (C=O) groups excluding carboxylic acids is 1. The molecule has 2 N–H and O–H groups in total. The zero-order valence-electron chi connectivity index (χ0n) is 15.5. The van der Waals surface area contributed by atoms with Gasteiger partial charge in [-0.05, 0) is 36.4 Å². The fourth-order valence-corrected chi connectivity index (χ4v) is 3.98. The number of carbonyl (C=O) groups is 1. The van der Waals surface area contributed by atoms with Crippen LogP contribution in [-0.4, -0.2) is 49.2 Å². The van der Waals surface area contributed by atoms with Gasteiger partial charge in [0.2, 0.25) is 6.17 Å². The third-order valence-electron chi connectivity index (χ3n) is 4.89. The summed E-state index contributed by atoms with van der Waals surface area (Å²) in [5, 5.41) is 2.90. The maximum atomic E-state index is 12.7. The van der Waals surface area contributed by atoms with Crippen molar-refractivity contribution < 1.29 is 14.4 Å². The Bertz CT molecular complexity index is 774. The Balaban J connectivity index is 1.66. The number of para-hydroxylation sites is 1. The topological polar surface area (TPSA) is 46.0 Å². The minimum Gasteiger partial charge on any atom is -0.497 e. The van der Waals surface area contributed by atoms with Crippen LogP contribution in [0.5, 0.6) is 5.75 Å². The van der Waals surface area contributed by atoms with E-state index in [9.17, 15) is 4.79 Å². The number of ether oxygens (including phenoxy) is 1. The number of piperazine rings is 1. The van der Waals surface area contributed by atoms with E-state index >= 15 is 0 Å². The second-order valence-electron chi connectivity index (χ2n) is 6.66. The van der Waals surface area contributed by atoms with Gasteiger partial charge in [-0.3, -0.25) is 10.1 Å². The molecule has 0 bridgehead atoms. The fraction of sp³-hybridized carbons (Fsp3) is 0.350. The molecule has 8 heteroatoms. The third kappa shape index (κ3) is 5.23. The number of rotatable bonds is 5. The highest BCUT2D eigenvalue weighted by atomic mass is 35.6. The van der Waals surface area contributed by atoms with E-state index in [0.717, 1.165) is 31.1 Å². The van der Waals surface area contributed by atoms with E-state index < -0.39 is 9.96 Å². The van der Waals surface area contributed by atoms with Gasteiger partial charge in [0.05, 0.1) is 33.3 Å². The first kappa shape index (κ1) is 21.1. The van der Waals surface area contributed by atoms with Crippen molar-refractivity contribution in [3.63, 3.8) is 0 Å². The maximum absolute atomic E-state index is 12.7. The van der Waals surface area contributed by atoms with E-state index in [4.69, 9.17) is 39.5 Å². The van der Waals surface area contributed by atoms with Crippen LogP contribution in [0.1, 0.15) is 10.4 Å². The summed E-state index contributed by atoms with van der Waals surface area (Å²) in [4.78, 5) is 16.0. The molecule has 150 valence electrons. The number of nitrogens with zero attached hydrogens (tertiary/aromatic N) is 1. The van der Waals surface area contributed by atoms with Crippen molar-refractivity contribution in [2.24, 2.45) is 0 Å². The second kappa shape index (κ2) is 9.23. The quantitative estimate of drug-likeness (QED) is 0.698. The Kier molecular flexibility index (Phi) is 6.94. The van der Waals surface area contributed by atoms with Crippen LogP contribution in [0.25, 0.3) is 0 Å². The summed E-state index contributed by atoms with van der Waals surface area (Å²) < 4.78 is 3.50. The van der Waals surface area contributed by atoms with E-state index in [1.807, 2.05) is 18.2 Å². The van der Waals surface area contributed by atoms with Gasteiger partial charge < -0.3 is 14.5 Å². The molecule has 0 spiro atoms. The van der Waals surface area contributed by atoms with Gasteiger partial charge in [0.25, 0.3) is 9.70 Å². The fourth-order valence-electron chi connectivity index (χ4n) is 3.35. The standard InChI is InChI=1S/C20H22Cl3N3O2/c1-28-17-9-7-15(8-10-17)18(27)24-19(20(21,22)23)26-13-11-25(12-14-26)16-5-3-2-4-6-16/h2-10,19H,11-14H2,1H3,(H,24,27)/p+1/t19-/m0/s1. The molecule has 2 aromatic rings. The van der Waals surface area contributed by atoms with Crippen molar-refractivity contribution >= 4 is 46.4 Å². The van der Waals surface area contributed by atoms with Crippen molar-refractivity contribution in [2.75, 3.05) is 38.2 Å². The van der Waals surface area contributed by atoms with E-state index in [-0.39, 0.29) is 5.91 Å². The van der Waals surface area contributed by atoms with Gasteiger partial charge in [-0.25, -0.2) is 0 Å². The SMILES string of the molecule is COc1ccc(C(=O)N[C@@H]([NH+]2CCN(c3ccccc3)CC2)C(Cl)(Cl)Cl)cc1. The summed E-state index contributed by atoms with van der Waals surface area (Å²) in [6.07, 6.45) is -0.648. The number of nitrogens with one attached hydrogen (secondary N) is 2. The van der Waals surface area contributed by atoms with E-state index in [0.29, 0.717) is 11.3 Å². The van der Waals surface area contributed by atoms with Crippen LogP contribution in [-0.2, 0) is 0 Å². The molecule has 2 aromatic carbocycles. The number of hydrogen-bond donors (Lipinski definition) is 2. The molecule has 0 aliphatic carbocycles. The summed E-state index contributed by atoms with van der Waals surface area (Å²) in [5.74, 6) is 0.397. The van der Waals surface area contributed by atoms with Crippen molar-refractivity contribution in [1.29, 1.82) is 0 Å². The van der Waals surface area contributed by atoms with Crippen LogP contribution in [0, 0.1) is 0 Å².